The lowest BCUT2D eigenvalue weighted by Gasteiger charge is -2.32. The van der Waals surface area contributed by atoms with Crippen LogP contribution in [0.5, 0.6) is 0 Å². The Kier molecular flexibility index (Phi) is 7.38. The Balaban J connectivity index is 1.57. The number of carbonyl (C=O) groups excluding carboxylic acids is 2. The molecule has 0 spiro atoms. The van der Waals surface area contributed by atoms with Gasteiger partial charge < -0.3 is 10.2 Å². The lowest BCUT2D eigenvalue weighted by atomic mass is 9.98. The van der Waals surface area contributed by atoms with Crippen molar-refractivity contribution < 1.29 is 18.0 Å². The van der Waals surface area contributed by atoms with Crippen molar-refractivity contribution in [1.82, 2.24) is 4.31 Å². The Hall–Kier alpha value is -1.94. The molecule has 182 valence electrons. The largest absolute Gasteiger partial charge is 0.326 e. The second-order valence-electron chi connectivity index (χ2n) is 8.71. The number of hydrogen-bond acceptors (Lipinski definition) is 4. The SMILES string of the molecule is CCC(=O)N1CCc2cc(Br)c(S(=O)(=O)N3CCC[C@@H](C(=O)Nc4cc(Cl)ccc4C)C3)cc21. The molecular formula is C24H27BrClN3O4S. The van der Waals surface area contributed by atoms with E-state index in [1.54, 1.807) is 36.1 Å². The maximum absolute atomic E-state index is 13.6. The molecule has 0 bridgehead atoms. The van der Waals surface area contributed by atoms with Crippen LogP contribution in [-0.4, -0.2) is 44.2 Å². The van der Waals surface area contributed by atoms with Gasteiger partial charge in [0.25, 0.3) is 0 Å². The number of halogens is 2. The van der Waals surface area contributed by atoms with E-state index in [9.17, 15) is 18.0 Å². The molecule has 0 aliphatic carbocycles. The van der Waals surface area contributed by atoms with E-state index in [0.29, 0.717) is 59.6 Å². The number of piperidine rings is 1. The topological polar surface area (TPSA) is 86.8 Å². The standard InChI is InChI=1S/C24H27BrClN3O4S/c1-3-23(30)29-10-8-16-11-19(25)22(13-21(16)29)34(32,33)28-9-4-5-17(14-28)24(31)27-20-12-18(26)7-6-15(20)2/h6-7,11-13,17H,3-5,8-10,14H2,1-2H3,(H,27,31)/t17-/m1/s1. The number of nitrogens with one attached hydrogen (secondary N) is 1. The van der Waals surface area contributed by atoms with Crippen LogP contribution in [0.1, 0.15) is 37.3 Å². The van der Waals surface area contributed by atoms with E-state index >= 15 is 0 Å². The molecule has 2 amide bonds. The zero-order valence-corrected chi connectivity index (χ0v) is 22.3. The molecule has 2 aromatic rings. The van der Waals surface area contributed by atoms with Gasteiger partial charge >= 0.3 is 0 Å². The van der Waals surface area contributed by atoms with E-state index in [2.05, 4.69) is 21.2 Å². The van der Waals surface area contributed by atoms with Gasteiger partial charge in [-0.2, -0.15) is 4.31 Å². The average molecular weight is 569 g/mol. The number of fused-ring (bicyclic) bond motifs is 1. The Bertz CT molecular complexity index is 1250. The number of nitrogens with zero attached hydrogens (tertiary/aromatic N) is 2. The van der Waals surface area contributed by atoms with Crippen molar-refractivity contribution in [2.45, 2.75) is 44.4 Å². The van der Waals surface area contributed by atoms with Gasteiger partial charge in [0.05, 0.1) is 10.8 Å². The monoisotopic (exact) mass is 567 g/mol. The first kappa shape index (κ1) is 25.2. The normalized spacial score (nSPS) is 18.6. The van der Waals surface area contributed by atoms with Crippen molar-refractivity contribution in [2.24, 2.45) is 5.92 Å². The fourth-order valence-corrected chi connectivity index (χ4v) is 7.28. The maximum Gasteiger partial charge on any atom is 0.244 e. The van der Waals surface area contributed by atoms with Gasteiger partial charge in [0.1, 0.15) is 0 Å². The van der Waals surface area contributed by atoms with Crippen LogP contribution in [0.4, 0.5) is 11.4 Å². The molecule has 0 aromatic heterocycles. The molecule has 10 heteroatoms. The zero-order chi connectivity index (χ0) is 24.6. The van der Waals surface area contributed by atoms with Crippen LogP contribution in [0.15, 0.2) is 39.7 Å². The van der Waals surface area contributed by atoms with Gasteiger partial charge in [0.2, 0.25) is 21.8 Å². The number of rotatable bonds is 5. The Morgan fingerprint density at radius 3 is 2.71 bits per heavy atom. The molecule has 1 saturated heterocycles. The molecule has 2 aromatic carbocycles. The molecule has 1 N–H and O–H groups in total. The number of benzene rings is 2. The van der Waals surface area contributed by atoms with Crippen LogP contribution >= 0.6 is 27.5 Å². The summed E-state index contributed by atoms with van der Waals surface area (Å²) in [6, 6.07) is 8.66. The van der Waals surface area contributed by atoms with Gasteiger partial charge in [0.15, 0.2) is 0 Å². The average Bonchev–Trinajstić information content (AvgIpc) is 3.23. The fraction of sp³-hybridized carbons (Fsp3) is 0.417. The van der Waals surface area contributed by atoms with Crippen molar-refractivity contribution in [2.75, 3.05) is 29.9 Å². The van der Waals surface area contributed by atoms with Crippen molar-refractivity contribution >= 4 is 60.7 Å². The molecular weight excluding hydrogens is 542 g/mol. The van der Waals surface area contributed by atoms with Crippen molar-refractivity contribution in [1.29, 1.82) is 0 Å². The summed E-state index contributed by atoms with van der Waals surface area (Å²) in [4.78, 5) is 27.1. The van der Waals surface area contributed by atoms with E-state index < -0.39 is 15.9 Å². The van der Waals surface area contributed by atoms with Crippen molar-refractivity contribution in [3.05, 3.63) is 51.0 Å². The Morgan fingerprint density at radius 2 is 1.97 bits per heavy atom. The van der Waals surface area contributed by atoms with Gasteiger partial charge in [-0.15, -0.1) is 0 Å². The minimum absolute atomic E-state index is 0.0320. The highest BCUT2D eigenvalue weighted by Gasteiger charge is 2.36. The number of anilines is 2. The minimum atomic E-state index is -3.88. The van der Waals surface area contributed by atoms with Crippen molar-refractivity contribution in [3.63, 3.8) is 0 Å². The highest BCUT2D eigenvalue weighted by Crippen LogP contribution is 2.37. The molecule has 2 aliphatic rings. The molecule has 4 rings (SSSR count). The molecule has 34 heavy (non-hydrogen) atoms. The lowest BCUT2D eigenvalue weighted by Crippen LogP contribution is -2.43. The van der Waals surface area contributed by atoms with E-state index in [-0.39, 0.29) is 23.3 Å². The second-order valence-corrected chi connectivity index (χ2v) is 11.9. The van der Waals surface area contributed by atoms with Crippen LogP contribution in [0.3, 0.4) is 0 Å². The van der Waals surface area contributed by atoms with Crippen LogP contribution in [-0.2, 0) is 26.0 Å². The molecule has 2 aliphatic heterocycles. The summed E-state index contributed by atoms with van der Waals surface area (Å²) < 4.78 is 29.1. The third kappa shape index (κ3) is 4.89. The summed E-state index contributed by atoms with van der Waals surface area (Å²) in [6.07, 6.45) is 2.22. The van der Waals surface area contributed by atoms with E-state index in [1.165, 1.54) is 4.31 Å². The van der Waals surface area contributed by atoms with E-state index in [1.807, 2.05) is 13.0 Å². The molecule has 0 radical (unpaired) electrons. The predicted octanol–water partition coefficient (Wildman–Crippen LogP) is 4.75. The maximum atomic E-state index is 13.6. The third-order valence-electron chi connectivity index (χ3n) is 6.46. The van der Waals surface area contributed by atoms with Gasteiger partial charge in [0, 0.05) is 46.9 Å². The van der Waals surface area contributed by atoms with E-state index in [0.717, 1.165) is 11.1 Å². The van der Waals surface area contributed by atoms with Crippen LogP contribution in [0.25, 0.3) is 0 Å². The number of hydrogen-bond donors (Lipinski definition) is 1. The van der Waals surface area contributed by atoms with Crippen LogP contribution in [0.2, 0.25) is 5.02 Å². The van der Waals surface area contributed by atoms with Gasteiger partial charge in [-0.25, -0.2) is 8.42 Å². The first-order valence-electron chi connectivity index (χ1n) is 11.3. The summed E-state index contributed by atoms with van der Waals surface area (Å²) in [5, 5.41) is 3.42. The smallest absolute Gasteiger partial charge is 0.244 e. The number of aryl methyl sites for hydroxylation is 1. The van der Waals surface area contributed by atoms with Crippen LogP contribution in [0, 0.1) is 12.8 Å². The fourth-order valence-electron chi connectivity index (χ4n) is 4.51. The van der Waals surface area contributed by atoms with Gasteiger partial charge in [-0.05, 0) is 77.5 Å². The summed E-state index contributed by atoms with van der Waals surface area (Å²) in [5.74, 6) is -0.735. The minimum Gasteiger partial charge on any atom is -0.326 e. The Labute approximate surface area is 213 Å². The molecule has 7 nitrogen and oxygen atoms in total. The van der Waals surface area contributed by atoms with E-state index in [4.69, 9.17) is 11.6 Å². The highest BCUT2D eigenvalue weighted by molar-refractivity contribution is 9.10. The summed E-state index contributed by atoms with van der Waals surface area (Å²) >= 11 is 9.49. The summed E-state index contributed by atoms with van der Waals surface area (Å²) in [5.41, 5.74) is 3.10. The van der Waals surface area contributed by atoms with Crippen LogP contribution < -0.4 is 10.2 Å². The highest BCUT2D eigenvalue weighted by atomic mass is 79.9. The molecule has 1 atom stereocenters. The summed E-state index contributed by atoms with van der Waals surface area (Å²) in [6.45, 7) is 4.65. The van der Waals surface area contributed by atoms with Gasteiger partial charge in [-0.1, -0.05) is 24.6 Å². The Morgan fingerprint density at radius 1 is 1.21 bits per heavy atom. The van der Waals surface area contributed by atoms with Gasteiger partial charge in [-0.3, -0.25) is 9.59 Å². The number of amides is 2. The number of carbonyl (C=O) groups is 2. The number of sulfonamides is 1. The molecule has 0 saturated carbocycles. The quantitative estimate of drug-likeness (QED) is 0.564. The van der Waals surface area contributed by atoms with Crippen molar-refractivity contribution in [3.8, 4) is 0 Å². The summed E-state index contributed by atoms with van der Waals surface area (Å²) in [7, 11) is -3.88. The molecule has 0 unspecified atom stereocenters. The first-order chi connectivity index (χ1) is 16.1. The first-order valence-corrected chi connectivity index (χ1v) is 13.9. The molecule has 2 heterocycles. The second kappa shape index (κ2) is 9.97. The lowest BCUT2D eigenvalue weighted by molar-refractivity contribution is -0.121. The molecule has 1 fully saturated rings. The third-order valence-corrected chi connectivity index (χ3v) is 9.52. The predicted molar refractivity (Wildman–Crippen MR) is 137 cm³/mol. The zero-order valence-electron chi connectivity index (χ0n) is 19.1.